The maximum Gasteiger partial charge on any atom is 0.269 e. The first-order valence-corrected chi connectivity index (χ1v) is 9.33. The third-order valence-corrected chi connectivity index (χ3v) is 5.96. The van der Waals surface area contributed by atoms with Gasteiger partial charge in [0.05, 0.1) is 5.56 Å². The monoisotopic (exact) mass is 358 g/mol. The van der Waals surface area contributed by atoms with E-state index in [9.17, 15) is 18.0 Å². The van der Waals surface area contributed by atoms with Crippen LogP contribution >= 0.6 is 0 Å². The van der Waals surface area contributed by atoms with Crippen LogP contribution in [0, 0.1) is 0 Å². The highest BCUT2D eigenvalue weighted by Gasteiger charge is 2.41. The van der Waals surface area contributed by atoms with Crippen molar-refractivity contribution in [2.45, 2.75) is 17.7 Å². The quantitative estimate of drug-likeness (QED) is 0.883. The van der Waals surface area contributed by atoms with Crippen molar-refractivity contribution in [3.05, 3.63) is 65.7 Å². The number of rotatable bonds is 5. The van der Waals surface area contributed by atoms with Gasteiger partial charge in [-0.25, -0.2) is 12.7 Å². The number of amides is 2. The first kappa shape index (κ1) is 17.2. The summed E-state index contributed by atoms with van der Waals surface area (Å²) >= 11 is 0. The van der Waals surface area contributed by atoms with E-state index >= 15 is 0 Å². The molecule has 130 valence electrons. The molecule has 2 aromatic rings. The Balaban J connectivity index is 1.65. The second-order valence-electron chi connectivity index (χ2n) is 5.93. The van der Waals surface area contributed by atoms with Gasteiger partial charge in [-0.05, 0) is 23.6 Å². The highest BCUT2D eigenvalue weighted by molar-refractivity contribution is 7.90. The number of benzene rings is 2. The minimum absolute atomic E-state index is 0.0505. The van der Waals surface area contributed by atoms with Crippen LogP contribution in [-0.4, -0.2) is 37.6 Å². The molecule has 0 radical (unpaired) electrons. The molecule has 1 heterocycles. The minimum Gasteiger partial charge on any atom is -0.354 e. The lowest BCUT2D eigenvalue weighted by Gasteiger charge is -2.17. The lowest BCUT2D eigenvalue weighted by Crippen LogP contribution is -2.41. The predicted molar refractivity (Wildman–Crippen MR) is 92.5 cm³/mol. The molecule has 1 atom stereocenters. The van der Waals surface area contributed by atoms with E-state index in [2.05, 4.69) is 5.32 Å². The molecule has 1 aliphatic rings. The Bertz CT molecular complexity index is 910. The molecule has 0 bridgehead atoms. The molecule has 0 aromatic heterocycles. The van der Waals surface area contributed by atoms with Crippen molar-refractivity contribution >= 4 is 21.8 Å². The number of fused-ring (bicyclic) bond motifs is 1. The van der Waals surface area contributed by atoms with Crippen molar-refractivity contribution in [3.8, 4) is 0 Å². The molecular weight excluding hydrogens is 340 g/mol. The average Bonchev–Trinajstić information content (AvgIpc) is 2.82. The Kier molecular flexibility index (Phi) is 4.59. The van der Waals surface area contributed by atoms with Crippen molar-refractivity contribution < 1.29 is 18.0 Å². The van der Waals surface area contributed by atoms with Crippen LogP contribution in [0.5, 0.6) is 0 Å². The van der Waals surface area contributed by atoms with E-state index in [0.29, 0.717) is 10.8 Å². The van der Waals surface area contributed by atoms with Crippen LogP contribution in [0.1, 0.15) is 28.8 Å². The van der Waals surface area contributed by atoms with Crippen LogP contribution in [0.4, 0.5) is 0 Å². The van der Waals surface area contributed by atoms with Gasteiger partial charge in [-0.2, -0.15) is 0 Å². The zero-order valence-electron chi connectivity index (χ0n) is 13.7. The van der Waals surface area contributed by atoms with E-state index in [-0.39, 0.29) is 16.4 Å². The molecule has 25 heavy (non-hydrogen) atoms. The molecule has 0 fully saturated rings. The highest BCUT2D eigenvalue weighted by Crippen LogP contribution is 2.29. The third kappa shape index (κ3) is 3.28. The first-order valence-electron chi connectivity index (χ1n) is 7.89. The number of hydrogen-bond acceptors (Lipinski definition) is 4. The fourth-order valence-corrected chi connectivity index (χ4v) is 4.27. The topological polar surface area (TPSA) is 83.6 Å². The average molecular weight is 358 g/mol. The maximum atomic E-state index is 12.4. The highest BCUT2D eigenvalue weighted by atomic mass is 32.2. The molecular formula is C18H18N2O4S. The van der Waals surface area contributed by atoms with E-state index in [1.54, 1.807) is 12.1 Å². The second-order valence-corrected chi connectivity index (χ2v) is 7.76. The second kappa shape index (κ2) is 6.68. The van der Waals surface area contributed by atoms with Crippen molar-refractivity contribution in [1.29, 1.82) is 0 Å². The van der Waals surface area contributed by atoms with Crippen LogP contribution in [0.15, 0.2) is 59.5 Å². The third-order valence-electron chi connectivity index (χ3n) is 4.17. The zero-order valence-corrected chi connectivity index (χ0v) is 14.5. The van der Waals surface area contributed by atoms with Gasteiger partial charge in [-0.15, -0.1) is 0 Å². The van der Waals surface area contributed by atoms with Crippen LogP contribution in [0.25, 0.3) is 0 Å². The number of nitrogens with one attached hydrogen (secondary N) is 1. The molecule has 0 spiro atoms. The van der Waals surface area contributed by atoms with Crippen molar-refractivity contribution in [3.63, 3.8) is 0 Å². The van der Waals surface area contributed by atoms with Gasteiger partial charge in [0, 0.05) is 6.54 Å². The van der Waals surface area contributed by atoms with Gasteiger partial charge >= 0.3 is 0 Å². The summed E-state index contributed by atoms with van der Waals surface area (Å²) in [5.74, 6) is -1.09. The molecule has 1 aliphatic heterocycles. The van der Waals surface area contributed by atoms with E-state index in [1.165, 1.54) is 12.1 Å². The van der Waals surface area contributed by atoms with Gasteiger partial charge in [0.25, 0.3) is 15.9 Å². The van der Waals surface area contributed by atoms with Crippen molar-refractivity contribution in [2.24, 2.45) is 0 Å². The predicted octanol–water partition coefficient (Wildman–Crippen LogP) is 1.75. The SMILES string of the molecule is C[C@H](CNC(=O)CN1C(=O)c2ccccc2S1(=O)=O)c1ccccc1. The Hall–Kier alpha value is -2.67. The minimum atomic E-state index is -3.96. The van der Waals surface area contributed by atoms with Gasteiger partial charge in [0.15, 0.2) is 0 Å². The van der Waals surface area contributed by atoms with Crippen LogP contribution in [0.2, 0.25) is 0 Å². The molecule has 0 unspecified atom stereocenters. The van der Waals surface area contributed by atoms with Gasteiger partial charge in [-0.1, -0.05) is 49.4 Å². The van der Waals surface area contributed by atoms with E-state index < -0.39 is 28.4 Å². The fourth-order valence-electron chi connectivity index (χ4n) is 2.74. The molecule has 6 nitrogen and oxygen atoms in total. The van der Waals surface area contributed by atoms with Gasteiger partial charge in [-0.3, -0.25) is 9.59 Å². The standard InChI is InChI=1S/C18H18N2O4S/c1-13(14-7-3-2-4-8-14)11-19-17(21)12-20-18(22)15-9-5-6-10-16(15)25(20,23)24/h2-10,13H,11-12H2,1H3,(H,19,21)/t13-/m1/s1. The van der Waals surface area contributed by atoms with E-state index in [4.69, 9.17) is 0 Å². The normalized spacial score (nSPS) is 16.4. The van der Waals surface area contributed by atoms with E-state index in [0.717, 1.165) is 5.56 Å². The molecule has 2 amide bonds. The fraction of sp³-hybridized carbons (Fsp3) is 0.222. The Morgan fingerprint density at radius 3 is 2.40 bits per heavy atom. The van der Waals surface area contributed by atoms with Crippen LogP contribution in [-0.2, 0) is 14.8 Å². The summed E-state index contributed by atoms with van der Waals surface area (Å²) in [6.07, 6.45) is 0. The van der Waals surface area contributed by atoms with E-state index in [1.807, 2.05) is 37.3 Å². The molecule has 1 N–H and O–H groups in total. The number of sulfonamides is 1. The Morgan fingerprint density at radius 2 is 1.72 bits per heavy atom. The summed E-state index contributed by atoms with van der Waals surface area (Å²) in [6.45, 7) is 1.80. The smallest absolute Gasteiger partial charge is 0.269 e. The number of nitrogens with zero attached hydrogens (tertiary/aromatic N) is 1. The summed E-state index contributed by atoms with van der Waals surface area (Å²) < 4.78 is 25.5. The molecule has 0 aliphatic carbocycles. The molecule has 0 saturated carbocycles. The van der Waals surface area contributed by atoms with Crippen molar-refractivity contribution in [1.82, 2.24) is 9.62 Å². The van der Waals surface area contributed by atoms with Gasteiger partial charge in [0.2, 0.25) is 5.91 Å². The van der Waals surface area contributed by atoms with Crippen LogP contribution in [0.3, 0.4) is 0 Å². The molecule has 0 saturated heterocycles. The lowest BCUT2D eigenvalue weighted by molar-refractivity contribution is -0.121. The largest absolute Gasteiger partial charge is 0.354 e. The summed E-state index contributed by atoms with van der Waals surface area (Å²) in [6, 6.07) is 15.6. The maximum absolute atomic E-state index is 12.4. The zero-order chi connectivity index (χ0) is 18.0. The number of hydrogen-bond donors (Lipinski definition) is 1. The van der Waals surface area contributed by atoms with Crippen LogP contribution < -0.4 is 5.32 Å². The van der Waals surface area contributed by atoms with Crippen molar-refractivity contribution in [2.75, 3.05) is 13.1 Å². The summed E-state index contributed by atoms with van der Waals surface area (Å²) in [5, 5.41) is 2.70. The summed E-state index contributed by atoms with van der Waals surface area (Å²) in [5.41, 5.74) is 1.17. The summed E-state index contributed by atoms with van der Waals surface area (Å²) in [7, 11) is -3.96. The Labute approximate surface area is 146 Å². The molecule has 3 rings (SSSR count). The van der Waals surface area contributed by atoms with Gasteiger partial charge < -0.3 is 5.32 Å². The first-order chi connectivity index (χ1) is 11.9. The summed E-state index contributed by atoms with van der Waals surface area (Å²) in [4.78, 5) is 24.4. The number of carbonyl (C=O) groups is 2. The lowest BCUT2D eigenvalue weighted by atomic mass is 10.0. The number of carbonyl (C=O) groups excluding carboxylic acids is 2. The Morgan fingerprint density at radius 1 is 1.08 bits per heavy atom. The molecule has 2 aromatic carbocycles. The molecule has 7 heteroatoms. The van der Waals surface area contributed by atoms with Gasteiger partial charge in [0.1, 0.15) is 11.4 Å².